The molecule has 1 N–H and O–H groups in total. The van der Waals surface area contributed by atoms with E-state index in [2.05, 4.69) is 5.32 Å². The van der Waals surface area contributed by atoms with Crippen molar-refractivity contribution in [3.63, 3.8) is 0 Å². The lowest BCUT2D eigenvalue weighted by Crippen LogP contribution is -2.61. The monoisotopic (exact) mass is 345 g/mol. The summed E-state index contributed by atoms with van der Waals surface area (Å²) < 4.78 is 18.5. The molecule has 0 saturated heterocycles. The van der Waals surface area contributed by atoms with Gasteiger partial charge in [0.1, 0.15) is 5.82 Å². The van der Waals surface area contributed by atoms with E-state index >= 15 is 0 Å². The van der Waals surface area contributed by atoms with Crippen molar-refractivity contribution in [3.05, 3.63) is 35.6 Å². The van der Waals surface area contributed by atoms with Gasteiger partial charge in [-0.15, -0.1) is 0 Å². The van der Waals surface area contributed by atoms with Gasteiger partial charge in [-0.2, -0.15) is 0 Å². The van der Waals surface area contributed by atoms with Crippen LogP contribution in [0.25, 0.3) is 0 Å². The van der Waals surface area contributed by atoms with Gasteiger partial charge in [0.25, 0.3) is 5.91 Å². The van der Waals surface area contributed by atoms with Crippen LogP contribution in [-0.2, 0) is 9.53 Å². The number of benzene rings is 1. The second-order valence-corrected chi connectivity index (χ2v) is 8.25. The Kier molecular flexibility index (Phi) is 4.05. The van der Waals surface area contributed by atoms with Crippen molar-refractivity contribution in [2.24, 2.45) is 17.8 Å². The highest BCUT2D eigenvalue weighted by atomic mass is 19.1. The lowest BCUT2D eigenvalue weighted by Gasteiger charge is -2.57. The minimum atomic E-state index is -0.885. The fourth-order valence-electron chi connectivity index (χ4n) is 5.52. The Morgan fingerprint density at radius 1 is 1.16 bits per heavy atom. The molecule has 0 radical (unpaired) electrons. The number of halogens is 1. The SMILES string of the molecule is C[C@H](OC(=O)c1cccc(F)c1)C(=O)NC12CC3CC(CC(C3)C1)C2. The summed E-state index contributed by atoms with van der Waals surface area (Å²) in [5, 5.41) is 3.20. The molecule has 4 aliphatic carbocycles. The predicted molar refractivity (Wildman–Crippen MR) is 90.3 cm³/mol. The summed E-state index contributed by atoms with van der Waals surface area (Å²) in [4.78, 5) is 24.7. The van der Waals surface area contributed by atoms with Crippen LogP contribution in [0.4, 0.5) is 4.39 Å². The zero-order valence-electron chi connectivity index (χ0n) is 14.5. The van der Waals surface area contributed by atoms with Gasteiger partial charge in [0, 0.05) is 5.54 Å². The number of esters is 1. The molecule has 1 aromatic rings. The molecule has 0 unspecified atom stereocenters. The maximum Gasteiger partial charge on any atom is 0.339 e. The van der Waals surface area contributed by atoms with Crippen molar-refractivity contribution in [1.29, 1.82) is 0 Å². The van der Waals surface area contributed by atoms with Gasteiger partial charge in [-0.25, -0.2) is 9.18 Å². The fourth-order valence-corrected chi connectivity index (χ4v) is 5.52. The van der Waals surface area contributed by atoms with Crippen LogP contribution in [0.5, 0.6) is 0 Å². The third-order valence-electron chi connectivity index (χ3n) is 6.14. The minimum absolute atomic E-state index is 0.106. The number of amides is 1. The maximum absolute atomic E-state index is 13.2. The van der Waals surface area contributed by atoms with Crippen LogP contribution < -0.4 is 5.32 Å². The summed E-state index contributed by atoms with van der Waals surface area (Å²) in [6.45, 7) is 1.58. The molecule has 0 aromatic heterocycles. The summed E-state index contributed by atoms with van der Waals surface area (Å²) in [5.41, 5.74) is 0.0141. The lowest BCUT2D eigenvalue weighted by atomic mass is 9.53. The standard InChI is InChI=1S/C20H24FNO3/c1-12(25-19(24)16-3-2-4-17(21)8-16)18(23)22-20-9-13-5-14(10-20)7-15(6-13)11-20/h2-4,8,12-15H,5-7,9-11H2,1H3,(H,22,23)/t12-,13?,14?,15?,20?/m0/s1. The van der Waals surface area contributed by atoms with Crippen LogP contribution in [0.2, 0.25) is 0 Å². The average Bonchev–Trinajstić information content (AvgIpc) is 2.53. The second kappa shape index (κ2) is 6.11. The summed E-state index contributed by atoms with van der Waals surface area (Å²) in [6.07, 6.45) is 6.18. The van der Waals surface area contributed by atoms with Crippen LogP contribution in [-0.4, -0.2) is 23.5 Å². The molecule has 1 aromatic carbocycles. The van der Waals surface area contributed by atoms with Gasteiger partial charge in [-0.3, -0.25) is 4.79 Å². The zero-order valence-corrected chi connectivity index (χ0v) is 14.5. The maximum atomic E-state index is 13.2. The van der Waals surface area contributed by atoms with Crippen molar-refractivity contribution >= 4 is 11.9 Å². The van der Waals surface area contributed by atoms with E-state index in [0.29, 0.717) is 0 Å². The number of nitrogens with one attached hydrogen (secondary N) is 1. The van der Waals surface area contributed by atoms with Gasteiger partial charge in [0.05, 0.1) is 5.56 Å². The molecule has 134 valence electrons. The number of carbonyl (C=O) groups is 2. The van der Waals surface area contributed by atoms with Crippen LogP contribution in [0.3, 0.4) is 0 Å². The third-order valence-corrected chi connectivity index (χ3v) is 6.14. The summed E-state index contributed by atoms with van der Waals surface area (Å²) >= 11 is 0. The second-order valence-electron chi connectivity index (χ2n) is 8.25. The summed E-state index contributed by atoms with van der Waals surface area (Å²) in [7, 11) is 0. The molecule has 0 heterocycles. The van der Waals surface area contributed by atoms with Crippen molar-refractivity contribution < 1.29 is 18.7 Å². The van der Waals surface area contributed by atoms with Gasteiger partial charge < -0.3 is 10.1 Å². The van der Waals surface area contributed by atoms with Crippen molar-refractivity contribution in [3.8, 4) is 0 Å². The molecule has 1 amide bonds. The molecule has 4 saturated carbocycles. The first-order valence-corrected chi connectivity index (χ1v) is 9.21. The van der Waals surface area contributed by atoms with E-state index in [1.807, 2.05) is 0 Å². The lowest BCUT2D eigenvalue weighted by molar-refractivity contribution is -0.134. The van der Waals surface area contributed by atoms with E-state index in [4.69, 9.17) is 4.74 Å². The fraction of sp³-hybridized carbons (Fsp3) is 0.600. The highest BCUT2D eigenvalue weighted by Crippen LogP contribution is 2.55. The molecular formula is C20H24FNO3. The molecule has 4 fully saturated rings. The van der Waals surface area contributed by atoms with Gasteiger partial charge in [0.2, 0.25) is 0 Å². The normalized spacial score (nSPS) is 33.8. The van der Waals surface area contributed by atoms with E-state index in [0.717, 1.165) is 43.1 Å². The quantitative estimate of drug-likeness (QED) is 0.851. The van der Waals surface area contributed by atoms with Crippen molar-refractivity contribution in [2.75, 3.05) is 0 Å². The van der Waals surface area contributed by atoms with E-state index in [1.54, 1.807) is 6.92 Å². The predicted octanol–water partition coefficient (Wildman–Crippen LogP) is 3.46. The molecule has 5 heteroatoms. The van der Waals surface area contributed by atoms with Gasteiger partial charge in [-0.1, -0.05) is 6.07 Å². The van der Waals surface area contributed by atoms with Crippen LogP contribution in [0.1, 0.15) is 55.8 Å². The molecule has 4 aliphatic rings. The molecule has 4 nitrogen and oxygen atoms in total. The Labute approximate surface area is 147 Å². The third kappa shape index (κ3) is 3.29. The molecule has 1 atom stereocenters. The van der Waals surface area contributed by atoms with E-state index < -0.39 is 17.9 Å². The first-order valence-electron chi connectivity index (χ1n) is 9.21. The first kappa shape index (κ1) is 16.6. The largest absolute Gasteiger partial charge is 0.449 e. The molecule has 4 bridgehead atoms. The number of carbonyl (C=O) groups excluding carboxylic acids is 2. The van der Waals surface area contributed by atoms with Crippen molar-refractivity contribution in [1.82, 2.24) is 5.32 Å². The smallest absolute Gasteiger partial charge is 0.339 e. The van der Waals surface area contributed by atoms with Gasteiger partial charge in [-0.05, 0) is 81.4 Å². The van der Waals surface area contributed by atoms with Crippen LogP contribution >= 0.6 is 0 Å². The highest BCUT2D eigenvalue weighted by molar-refractivity contribution is 5.92. The average molecular weight is 345 g/mol. The minimum Gasteiger partial charge on any atom is -0.449 e. The van der Waals surface area contributed by atoms with E-state index in [1.165, 1.54) is 37.5 Å². The molecule has 5 rings (SSSR count). The Hall–Kier alpha value is -1.91. The highest BCUT2D eigenvalue weighted by Gasteiger charge is 2.51. The molecule has 0 spiro atoms. The Bertz CT molecular complexity index is 667. The van der Waals surface area contributed by atoms with E-state index in [-0.39, 0.29) is 17.0 Å². The number of rotatable bonds is 4. The van der Waals surface area contributed by atoms with Gasteiger partial charge >= 0.3 is 5.97 Å². The number of hydrogen-bond acceptors (Lipinski definition) is 3. The van der Waals surface area contributed by atoms with Crippen molar-refractivity contribution in [2.45, 2.75) is 57.1 Å². The van der Waals surface area contributed by atoms with Gasteiger partial charge in [0.15, 0.2) is 6.10 Å². The molecule has 0 aliphatic heterocycles. The van der Waals surface area contributed by atoms with E-state index in [9.17, 15) is 14.0 Å². The van der Waals surface area contributed by atoms with Crippen LogP contribution in [0, 0.1) is 23.6 Å². The Morgan fingerprint density at radius 3 is 2.32 bits per heavy atom. The van der Waals surface area contributed by atoms with Crippen LogP contribution in [0.15, 0.2) is 24.3 Å². The number of ether oxygens (including phenoxy) is 1. The number of hydrogen-bond donors (Lipinski definition) is 1. The summed E-state index contributed by atoms with van der Waals surface area (Å²) in [5.74, 6) is 0.782. The topological polar surface area (TPSA) is 55.4 Å². The molecular weight excluding hydrogens is 321 g/mol. The Morgan fingerprint density at radius 2 is 1.76 bits per heavy atom. The zero-order chi connectivity index (χ0) is 17.6. The molecule has 25 heavy (non-hydrogen) atoms. The Balaban J connectivity index is 1.39. The summed E-state index contributed by atoms with van der Waals surface area (Å²) in [6, 6.07) is 5.31. The first-order chi connectivity index (χ1) is 11.9.